The number of alkyl halides is 1. The van der Waals surface area contributed by atoms with Crippen LogP contribution in [0.15, 0.2) is 24.3 Å². The van der Waals surface area contributed by atoms with Crippen molar-refractivity contribution in [2.75, 3.05) is 13.0 Å². The summed E-state index contributed by atoms with van der Waals surface area (Å²) >= 11 is 5.75. The topological polar surface area (TPSA) is 31.2 Å². The fourth-order valence-corrected chi connectivity index (χ4v) is 2.42. The summed E-state index contributed by atoms with van der Waals surface area (Å²) < 4.78 is 6.99. The van der Waals surface area contributed by atoms with Gasteiger partial charge < -0.3 is 9.30 Å². The van der Waals surface area contributed by atoms with Crippen LogP contribution in [0.2, 0.25) is 0 Å². The predicted octanol–water partition coefficient (Wildman–Crippen LogP) is 3.37. The highest BCUT2D eigenvalue weighted by Gasteiger charge is 2.19. The molecule has 0 spiro atoms. The number of esters is 1. The molecule has 0 N–H and O–H groups in total. The maximum absolute atomic E-state index is 11.9. The van der Waals surface area contributed by atoms with Gasteiger partial charge in [-0.2, -0.15) is 0 Å². The minimum atomic E-state index is -0.284. The van der Waals surface area contributed by atoms with E-state index in [0.717, 1.165) is 29.6 Å². The molecule has 1 aromatic heterocycles. The maximum atomic E-state index is 11.9. The second-order valence-electron chi connectivity index (χ2n) is 4.16. The summed E-state index contributed by atoms with van der Waals surface area (Å²) in [6.07, 6.45) is 0.877. The molecule has 0 aliphatic heterocycles. The van der Waals surface area contributed by atoms with Gasteiger partial charge in [-0.15, -0.1) is 11.6 Å². The van der Waals surface area contributed by atoms with E-state index in [1.165, 1.54) is 7.11 Å². The molecule has 4 heteroatoms. The van der Waals surface area contributed by atoms with Crippen molar-refractivity contribution in [1.82, 2.24) is 4.57 Å². The number of aryl methyl sites for hydroxylation is 1. The molecule has 0 bridgehead atoms. The van der Waals surface area contributed by atoms with Gasteiger partial charge in [0, 0.05) is 29.0 Å². The number of carbonyl (C=O) groups is 1. The molecule has 0 aliphatic carbocycles. The molecule has 0 fully saturated rings. The molecule has 0 saturated carbocycles. The number of aromatic nitrogens is 1. The van der Waals surface area contributed by atoms with Gasteiger partial charge in [0.05, 0.1) is 12.7 Å². The van der Waals surface area contributed by atoms with Crippen LogP contribution in [0.1, 0.15) is 22.5 Å². The predicted molar refractivity (Wildman–Crippen MR) is 73.4 cm³/mol. The van der Waals surface area contributed by atoms with Crippen molar-refractivity contribution in [2.45, 2.75) is 19.9 Å². The van der Waals surface area contributed by atoms with Crippen molar-refractivity contribution in [1.29, 1.82) is 0 Å². The maximum Gasteiger partial charge on any atom is 0.340 e. The van der Waals surface area contributed by atoms with E-state index in [1.54, 1.807) is 0 Å². The molecule has 18 heavy (non-hydrogen) atoms. The number of methoxy groups -OCH3 is 1. The third kappa shape index (κ3) is 2.10. The van der Waals surface area contributed by atoms with Crippen molar-refractivity contribution >= 4 is 28.5 Å². The minimum absolute atomic E-state index is 0.284. The molecular formula is C14H16ClNO2. The molecule has 0 saturated heterocycles. The Hall–Kier alpha value is -1.48. The number of nitrogens with zero attached hydrogens (tertiary/aromatic N) is 1. The van der Waals surface area contributed by atoms with E-state index >= 15 is 0 Å². The first kappa shape index (κ1) is 13.0. The van der Waals surface area contributed by atoms with Crippen LogP contribution in [0.5, 0.6) is 0 Å². The monoisotopic (exact) mass is 265 g/mol. The van der Waals surface area contributed by atoms with Gasteiger partial charge in [0.25, 0.3) is 0 Å². The number of carbonyl (C=O) groups excluding carboxylic acids is 1. The Balaban J connectivity index is 2.63. The van der Waals surface area contributed by atoms with E-state index in [1.807, 2.05) is 31.2 Å². The lowest BCUT2D eigenvalue weighted by molar-refractivity contribution is 0.0602. The molecule has 1 heterocycles. The molecule has 3 nitrogen and oxygen atoms in total. The summed E-state index contributed by atoms with van der Waals surface area (Å²) in [7, 11) is 1.41. The summed E-state index contributed by atoms with van der Waals surface area (Å²) in [5.41, 5.74) is 2.65. The van der Waals surface area contributed by atoms with Gasteiger partial charge in [-0.05, 0) is 19.4 Å². The van der Waals surface area contributed by atoms with E-state index in [-0.39, 0.29) is 5.97 Å². The highest BCUT2D eigenvalue weighted by molar-refractivity contribution is 6.17. The van der Waals surface area contributed by atoms with E-state index in [0.29, 0.717) is 11.4 Å². The first-order valence-electron chi connectivity index (χ1n) is 5.92. The lowest BCUT2D eigenvalue weighted by Gasteiger charge is -2.06. The first-order chi connectivity index (χ1) is 8.70. The normalized spacial score (nSPS) is 10.8. The molecule has 0 aliphatic rings. The molecule has 0 radical (unpaired) electrons. The smallest absolute Gasteiger partial charge is 0.340 e. The Labute approximate surface area is 111 Å². The Morgan fingerprint density at radius 1 is 1.39 bits per heavy atom. The number of hydrogen-bond acceptors (Lipinski definition) is 2. The summed E-state index contributed by atoms with van der Waals surface area (Å²) in [4.78, 5) is 11.9. The average Bonchev–Trinajstić information content (AvgIpc) is 2.68. The highest BCUT2D eigenvalue weighted by Crippen LogP contribution is 2.26. The van der Waals surface area contributed by atoms with Gasteiger partial charge in [-0.3, -0.25) is 0 Å². The van der Waals surface area contributed by atoms with Crippen molar-refractivity contribution in [3.8, 4) is 0 Å². The second kappa shape index (κ2) is 5.44. The molecule has 1 aromatic carbocycles. The van der Waals surface area contributed by atoms with Gasteiger partial charge >= 0.3 is 5.97 Å². The van der Waals surface area contributed by atoms with Crippen molar-refractivity contribution in [2.24, 2.45) is 0 Å². The molecule has 0 atom stereocenters. The molecule has 96 valence electrons. The summed E-state index contributed by atoms with van der Waals surface area (Å²) in [5, 5.41) is 0.941. The van der Waals surface area contributed by atoms with E-state index in [4.69, 9.17) is 16.3 Å². The highest BCUT2D eigenvalue weighted by atomic mass is 35.5. The lowest BCUT2D eigenvalue weighted by Crippen LogP contribution is -2.06. The first-order valence-corrected chi connectivity index (χ1v) is 6.46. The van der Waals surface area contributed by atoms with Gasteiger partial charge in [0.1, 0.15) is 0 Å². The third-order valence-electron chi connectivity index (χ3n) is 3.14. The third-order valence-corrected chi connectivity index (χ3v) is 3.40. The fourth-order valence-electron chi connectivity index (χ4n) is 2.30. The number of ether oxygens (including phenoxy) is 1. The average molecular weight is 266 g/mol. The SMILES string of the molecule is COC(=O)c1c(C)n(CCCCl)c2ccccc12. The molecule has 0 amide bonds. The van der Waals surface area contributed by atoms with Gasteiger partial charge in [0.2, 0.25) is 0 Å². The Morgan fingerprint density at radius 3 is 2.78 bits per heavy atom. The van der Waals surface area contributed by atoms with Crippen LogP contribution in [0.4, 0.5) is 0 Å². The number of rotatable bonds is 4. The zero-order chi connectivity index (χ0) is 13.1. The number of halogens is 1. The minimum Gasteiger partial charge on any atom is -0.465 e. The van der Waals surface area contributed by atoms with Crippen LogP contribution in [-0.2, 0) is 11.3 Å². The lowest BCUT2D eigenvalue weighted by atomic mass is 10.1. The number of hydrogen-bond donors (Lipinski definition) is 0. The Kier molecular flexibility index (Phi) is 3.92. The van der Waals surface area contributed by atoms with Crippen LogP contribution in [-0.4, -0.2) is 23.5 Å². The van der Waals surface area contributed by atoms with E-state index in [9.17, 15) is 4.79 Å². The Bertz CT molecular complexity index is 574. The zero-order valence-corrected chi connectivity index (χ0v) is 11.3. The van der Waals surface area contributed by atoms with E-state index in [2.05, 4.69) is 4.57 Å². The number of fused-ring (bicyclic) bond motifs is 1. The summed E-state index contributed by atoms with van der Waals surface area (Å²) in [5.74, 6) is 0.327. The largest absolute Gasteiger partial charge is 0.465 e. The van der Waals surface area contributed by atoms with Gasteiger partial charge in [0.15, 0.2) is 0 Å². The second-order valence-corrected chi connectivity index (χ2v) is 4.54. The van der Waals surface area contributed by atoms with Gasteiger partial charge in [-0.1, -0.05) is 18.2 Å². The van der Waals surface area contributed by atoms with Crippen molar-refractivity contribution in [3.05, 3.63) is 35.5 Å². The molecular weight excluding hydrogens is 250 g/mol. The van der Waals surface area contributed by atoms with Gasteiger partial charge in [-0.25, -0.2) is 4.79 Å². The standard InChI is InChI=1S/C14H16ClNO2/c1-10-13(14(17)18-2)11-6-3-4-7-12(11)16(10)9-5-8-15/h3-4,6-7H,5,8-9H2,1-2H3. The summed E-state index contributed by atoms with van der Waals surface area (Å²) in [6.45, 7) is 2.76. The molecule has 2 rings (SSSR count). The van der Waals surface area contributed by atoms with Crippen LogP contribution >= 0.6 is 11.6 Å². The Morgan fingerprint density at radius 2 is 2.11 bits per heavy atom. The van der Waals surface area contributed by atoms with Crippen LogP contribution in [0.25, 0.3) is 10.9 Å². The number of para-hydroxylation sites is 1. The molecule has 2 aromatic rings. The summed E-state index contributed by atoms with van der Waals surface area (Å²) in [6, 6.07) is 7.87. The van der Waals surface area contributed by atoms with Crippen LogP contribution < -0.4 is 0 Å². The van der Waals surface area contributed by atoms with Crippen LogP contribution in [0.3, 0.4) is 0 Å². The number of benzene rings is 1. The van der Waals surface area contributed by atoms with Crippen LogP contribution in [0, 0.1) is 6.92 Å². The quantitative estimate of drug-likeness (QED) is 0.627. The van der Waals surface area contributed by atoms with E-state index < -0.39 is 0 Å². The fraction of sp³-hybridized carbons (Fsp3) is 0.357. The van der Waals surface area contributed by atoms with Crippen molar-refractivity contribution < 1.29 is 9.53 Å². The molecule has 0 unspecified atom stereocenters. The zero-order valence-electron chi connectivity index (χ0n) is 10.6. The van der Waals surface area contributed by atoms with Crippen molar-refractivity contribution in [3.63, 3.8) is 0 Å².